The zero-order chi connectivity index (χ0) is 16.0. The first kappa shape index (κ1) is 18.5. The maximum Gasteiger partial charge on any atom is 0.279 e. The van der Waals surface area contributed by atoms with Crippen molar-refractivity contribution in [2.45, 2.75) is 46.2 Å². The minimum atomic E-state index is -3.48. The van der Waals surface area contributed by atoms with Crippen molar-refractivity contribution in [2.75, 3.05) is 20.1 Å². The van der Waals surface area contributed by atoms with Crippen LogP contribution < -0.4 is 10.0 Å². The number of aryl methyl sites for hydroxylation is 1. The summed E-state index contributed by atoms with van der Waals surface area (Å²) in [6, 6.07) is 0.100. The third kappa shape index (κ3) is 6.39. The highest BCUT2D eigenvalue weighted by Crippen LogP contribution is 2.18. The summed E-state index contributed by atoms with van der Waals surface area (Å²) in [5, 5.41) is 5.97. The monoisotopic (exact) mass is 334 g/mol. The molecule has 0 aliphatic rings. The van der Waals surface area contributed by atoms with Gasteiger partial charge in [-0.1, -0.05) is 13.8 Å². The normalized spacial score (nSPS) is 14.0. The van der Waals surface area contributed by atoms with E-state index < -0.39 is 10.2 Å². The highest BCUT2D eigenvalue weighted by atomic mass is 32.2. The second-order valence-corrected chi connectivity index (χ2v) is 8.15. The van der Waals surface area contributed by atoms with Crippen LogP contribution in [0.1, 0.15) is 43.9 Å². The molecule has 0 aromatic carbocycles. The van der Waals surface area contributed by atoms with Gasteiger partial charge in [0.25, 0.3) is 10.2 Å². The van der Waals surface area contributed by atoms with Gasteiger partial charge in [-0.15, -0.1) is 11.3 Å². The Morgan fingerprint density at radius 2 is 2.05 bits per heavy atom. The number of nitrogens with zero attached hydrogens (tertiary/aromatic N) is 2. The Balaban J connectivity index is 2.48. The Labute approximate surface area is 132 Å². The first-order valence-electron chi connectivity index (χ1n) is 7.11. The lowest BCUT2D eigenvalue weighted by molar-refractivity contribution is 0.433. The molecule has 0 amide bonds. The molecule has 6 nitrogen and oxygen atoms in total. The highest BCUT2D eigenvalue weighted by Gasteiger charge is 2.22. The number of hydrogen-bond acceptors (Lipinski definition) is 5. The molecule has 1 atom stereocenters. The lowest BCUT2D eigenvalue weighted by Gasteiger charge is -2.20. The molecule has 0 spiro atoms. The quantitative estimate of drug-likeness (QED) is 0.674. The van der Waals surface area contributed by atoms with Crippen LogP contribution in [-0.4, -0.2) is 43.9 Å². The van der Waals surface area contributed by atoms with Crippen LogP contribution in [-0.2, 0) is 10.2 Å². The molecular formula is C13H26N4O2S2. The topological polar surface area (TPSA) is 74.3 Å². The summed E-state index contributed by atoms with van der Waals surface area (Å²) < 4.78 is 28.5. The summed E-state index contributed by atoms with van der Waals surface area (Å²) >= 11 is 1.47. The van der Waals surface area contributed by atoms with E-state index in [0.29, 0.717) is 12.6 Å². The number of hydrogen-bond donors (Lipinski definition) is 2. The van der Waals surface area contributed by atoms with Crippen molar-refractivity contribution >= 4 is 21.5 Å². The minimum Gasteiger partial charge on any atom is -0.314 e. The fraction of sp³-hybridized carbons (Fsp3) is 0.769. The summed E-state index contributed by atoms with van der Waals surface area (Å²) in [5.74, 6) is 0. The van der Waals surface area contributed by atoms with E-state index in [1.54, 1.807) is 7.05 Å². The lowest BCUT2D eigenvalue weighted by Crippen LogP contribution is -2.40. The lowest BCUT2D eigenvalue weighted by atomic mass is 10.3. The van der Waals surface area contributed by atoms with Crippen LogP contribution in [0.4, 0.5) is 0 Å². The second kappa shape index (κ2) is 8.19. The van der Waals surface area contributed by atoms with Gasteiger partial charge in [0.1, 0.15) is 5.01 Å². The number of nitrogens with one attached hydrogen (secondary N) is 2. The molecule has 0 aliphatic heterocycles. The van der Waals surface area contributed by atoms with Crippen molar-refractivity contribution in [3.05, 3.63) is 16.1 Å². The fourth-order valence-electron chi connectivity index (χ4n) is 1.75. The molecule has 2 N–H and O–H groups in total. The van der Waals surface area contributed by atoms with E-state index in [1.807, 2.05) is 19.2 Å². The third-order valence-corrected chi connectivity index (χ3v) is 5.75. The van der Waals surface area contributed by atoms with Crippen LogP contribution in [0, 0.1) is 6.92 Å². The van der Waals surface area contributed by atoms with Gasteiger partial charge in [0.05, 0.1) is 6.04 Å². The summed E-state index contributed by atoms with van der Waals surface area (Å²) in [6.45, 7) is 9.13. The van der Waals surface area contributed by atoms with Crippen LogP contribution >= 0.6 is 11.3 Å². The molecule has 0 saturated heterocycles. The molecule has 21 heavy (non-hydrogen) atoms. The van der Waals surface area contributed by atoms with Gasteiger partial charge in [-0.2, -0.15) is 17.4 Å². The fourth-order valence-corrected chi connectivity index (χ4v) is 3.73. The van der Waals surface area contributed by atoms with Crippen molar-refractivity contribution in [3.63, 3.8) is 0 Å². The van der Waals surface area contributed by atoms with Crippen molar-refractivity contribution in [3.8, 4) is 0 Å². The van der Waals surface area contributed by atoms with E-state index in [4.69, 9.17) is 0 Å². The van der Waals surface area contributed by atoms with Crippen LogP contribution in [0.2, 0.25) is 0 Å². The predicted octanol–water partition coefficient (Wildman–Crippen LogP) is 1.67. The van der Waals surface area contributed by atoms with Crippen molar-refractivity contribution in [1.82, 2.24) is 19.3 Å². The number of rotatable bonds is 9. The van der Waals surface area contributed by atoms with E-state index in [-0.39, 0.29) is 6.04 Å². The molecule has 0 fully saturated rings. The molecule has 0 aliphatic carbocycles. The summed E-state index contributed by atoms with van der Waals surface area (Å²) in [4.78, 5) is 4.31. The van der Waals surface area contributed by atoms with Gasteiger partial charge in [0.2, 0.25) is 0 Å². The molecule has 0 radical (unpaired) electrons. The molecule has 0 saturated carbocycles. The van der Waals surface area contributed by atoms with E-state index >= 15 is 0 Å². The van der Waals surface area contributed by atoms with Gasteiger partial charge in [-0.05, 0) is 26.8 Å². The summed E-state index contributed by atoms with van der Waals surface area (Å²) in [6.07, 6.45) is 0.778. The zero-order valence-electron chi connectivity index (χ0n) is 13.4. The van der Waals surface area contributed by atoms with Gasteiger partial charge in [-0.25, -0.2) is 4.98 Å². The Morgan fingerprint density at radius 3 is 2.57 bits per heavy atom. The molecule has 122 valence electrons. The number of aromatic nitrogens is 1. The average molecular weight is 335 g/mol. The van der Waals surface area contributed by atoms with E-state index in [2.05, 4.69) is 28.9 Å². The minimum absolute atomic E-state index is 0.315. The molecule has 8 heteroatoms. The Bertz CT molecular complexity index is 528. The molecule has 1 aromatic heterocycles. The molecule has 1 heterocycles. The van der Waals surface area contributed by atoms with Crippen LogP contribution in [0.3, 0.4) is 0 Å². The Morgan fingerprint density at radius 1 is 1.38 bits per heavy atom. The second-order valence-electron chi connectivity index (χ2n) is 5.46. The molecular weight excluding hydrogens is 308 g/mol. The van der Waals surface area contributed by atoms with Gasteiger partial charge < -0.3 is 5.32 Å². The van der Waals surface area contributed by atoms with E-state index in [9.17, 15) is 8.42 Å². The average Bonchev–Trinajstić information content (AvgIpc) is 2.80. The molecule has 1 aromatic rings. The van der Waals surface area contributed by atoms with Crippen molar-refractivity contribution in [2.24, 2.45) is 0 Å². The first-order valence-corrected chi connectivity index (χ1v) is 9.43. The largest absolute Gasteiger partial charge is 0.314 e. The van der Waals surface area contributed by atoms with Gasteiger partial charge in [0, 0.05) is 30.7 Å². The SMILES string of the molecule is Cc1csc(C(C)NS(=O)(=O)N(C)CCCNC(C)C)n1. The van der Waals surface area contributed by atoms with E-state index in [1.165, 1.54) is 15.6 Å². The molecule has 0 bridgehead atoms. The zero-order valence-corrected chi connectivity index (χ0v) is 15.0. The van der Waals surface area contributed by atoms with Gasteiger partial charge in [0.15, 0.2) is 0 Å². The smallest absolute Gasteiger partial charge is 0.279 e. The van der Waals surface area contributed by atoms with Gasteiger partial charge >= 0.3 is 0 Å². The summed E-state index contributed by atoms with van der Waals surface area (Å²) in [5.41, 5.74) is 0.911. The maximum absolute atomic E-state index is 12.2. The van der Waals surface area contributed by atoms with Crippen molar-refractivity contribution in [1.29, 1.82) is 0 Å². The number of thiazole rings is 1. The van der Waals surface area contributed by atoms with Gasteiger partial charge in [-0.3, -0.25) is 0 Å². The maximum atomic E-state index is 12.2. The highest BCUT2D eigenvalue weighted by molar-refractivity contribution is 7.87. The van der Waals surface area contributed by atoms with Crippen LogP contribution in [0.25, 0.3) is 0 Å². The first-order chi connectivity index (χ1) is 9.72. The standard InChI is InChI=1S/C13H26N4O2S2/c1-10(2)14-7-6-8-17(5)21(18,19)16-12(4)13-15-11(3)9-20-13/h9-10,12,14,16H,6-8H2,1-5H3. The summed E-state index contributed by atoms with van der Waals surface area (Å²) in [7, 11) is -1.88. The predicted molar refractivity (Wildman–Crippen MR) is 87.7 cm³/mol. The molecule has 1 unspecified atom stereocenters. The van der Waals surface area contributed by atoms with Crippen LogP contribution in [0.15, 0.2) is 5.38 Å². The van der Waals surface area contributed by atoms with Crippen LogP contribution in [0.5, 0.6) is 0 Å². The Hall–Kier alpha value is -0.540. The Kier molecular flexibility index (Phi) is 7.22. The third-order valence-electron chi connectivity index (χ3n) is 2.95. The molecule has 1 rings (SSSR count). The van der Waals surface area contributed by atoms with Crippen molar-refractivity contribution < 1.29 is 8.42 Å². The van der Waals surface area contributed by atoms with E-state index in [0.717, 1.165) is 23.7 Å².